The summed E-state index contributed by atoms with van der Waals surface area (Å²) in [5.74, 6) is 1.25. The zero-order valence-corrected chi connectivity index (χ0v) is 31.0. The van der Waals surface area contributed by atoms with Gasteiger partial charge in [0.2, 0.25) is 5.95 Å². The number of unbranched alkanes of at least 4 members (excludes halogenated alkanes) is 1. The molecule has 2 unspecified atom stereocenters. The molecule has 3 N–H and O–H groups in total. The van der Waals surface area contributed by atoms with Crippen LogP contribution in [0, 0.1) is 36.4 Å². The summed E-state index contributed by atoms with van der Waals surface area (Å²) in [6.45, 7) is 18.3. The number of halogens is 2. The molecule has 1 aromatic heterocycles. The van der Waals surface area contributed by atoms with Crippen molar-refractivity contribution in [2.75, 3.05) is 26.4 Å². The van der Waals surface area contributed by atoms with Crippen LogP contribution in [0.2, 0.25) is 0 Å². The molecule has 3 atom stereocenters. The molecule has 268 valence electrons. The second kappa shape index (κ2) is 18.7. The zero-order valence-electron chi connectivity index (χ0n) is 31.0. The maximum atomic E-state index is 15.2. The topological polar surface area (TPSA) is 77.7 Å². The van der Waals surface area contributed by atoms with Crippen LogP contribution in [0.4, 0.5) is 8.78 Å². The minimum Gasteiger partial charge on any atom is -0.360 e. The van der Waals surface area contributed by atoms with Gasteiger partial charge in [-0.25, -0.2) is 9.07 Å². The van der Waals surface area contributed by atoms with Crippen molar-refractivity contribution in [1.82, 2.24) is 20.8 Å². The molecule has 1 saturated heterocycles. The van der Waals surface area contributed by atoms with E-state index in [1.165, 1.54) is 29.5 Å². The van der Waals surface area contributed by atoms with Crippen molar-refractivity contribution in [2.24, 2.45) is 29.8 Å². The van der Waals surface area contributed by atoms with E-state index in [0.717, 1.165) is 97.1 Å². The van der Waals surface area contributed by atoms with Gasteiger partial charge in [-0.1, -0.05) is 59.6 Å². The highest BCUT2D eigenvalue weighted by molar-refractivity contribution is 6.02. The lowest BCUT2D eigenvalue weighted by Crippen LogP contribution is -2.39. The molecule has 0 aliphatic carbocycles. The normalized spacial score (nSPS) is 19.1. The van der Waals surface area contributed by atoms with Gasteiger partial charge in [0.15, 0.2) is 0 Å². The van der Waals surface area contributed by atoms with Crippen molar-refractivity contribution in [3.63, 3.8) is 0 Å². The van der Waals surface area contributed by atoms with Crippen LogP contribution < -0.4 is 6.15 Å². The van der Waals surface area contributed by atoms with Crippen LogP contribution in [0.15, 0.2) is 46.6 Å². The number of fused-ring (bicyclic) bond motifs is 1. The number of piperidine rings is 1. The van der Waals surface area contributed by atoms with E-state index >= 15 is 4.39 Å². The van der Waals surface area contributed by atoms with Gasteiger partial charge < -0.3 is 10.9 Å². The van der Waals surface area contributed by atoms with Gasteiger partial charge in [0, 0.05) is 27.3 Å². The molecule has 0 spiro atoms. The highest BCUT2D eigenvalue weighted by Gasteiger charge is 2.26. The van der Waals surface area contributed by atoms with Crippen molar-refractivity contribution in [3.05, 3.63) is 75.6 Å². The maximum absolute atomic E-state index is 15.2. The number of aliphatic imine (C=N–C) groups is 1. The zero-order chi connectivity index (χ0) is 34.1. The number of benzene rings is 2. The molecule has 0 radical (unpaired) electrons. The largest absolute Gasteiger partial charge is 0.360 e. The first-order chi connectivity index (χ1) is 22.7. The Labute approximate surface area is 290 Å². The molecular weight excluding hydrogens is 604 g/mol. The molecule has 48 heavy (non-hydrogen) atoms. The number of ether oxygens (including phenoxy) is 1. The van der Waals surface area contributed by atoms with E-state index in [0.29, 0.717) is 24.2 Å². The summed E-state index contributed by atoms with van der Waals surface area (Å²) in [4.78, 5) is 7.56. The first-order valence-corrected chi connectivity index (χ1v) is 18.2. The second-order valence-corrected chi connectivity index (χ2v) is 13.6. The average Bonchev–Trinajstić information content (AvgIpc) is 3.35. The third-order valence-corrected chi connectivity index (χ3v) is 10.4. The van der Waals surface area contributed by atoms with Gasteiger partial charge in [-0.15, -0.1) is 0 Å². The Kier molecular flexibility index (Phi) is 15.4. The Bertz CT molecular complexity index is 1550. The van der Waals surface area contributed by atoms with Crippen molar-refractivity contribution in [3.8, 4) is 0 Å². The second-order valence-electron chi connectivity index (χ2n) is 13.6. The SMILES string of the molecule is CC.CCCCc1ccc(C2=NC(COCN3CCC[C@H](C(C)CC)C3)=C(C)C(CCc3cc4c(F)n(C)nc4cc3C)C2)cc1F.N.[HH]. The number of hydrogen-bond acceptors (Lipinski definition) is 5. The van der Waals surface area contributed by atoms with Gasteiger partial charge in [0.1, 0.15) is 5.82 Å². The molecule has 3 aromatic rings. The van der Waals surface area contributed by atoms with E-state index in [9.17, 15) is 4.39 Å². The Morgan fingerprint density at radius 3 is 2.54 bits per heavy atom. The van der Waals surface area contributed by atoms with E-state index in [-0.39, 0.29) is 25.3 Å². The van der Waals surface area contributed by atoms with E-state index < -0.39 is 0 Å². The molecule has 3 heterocycles. The summed E-state index contributed by atoms with van der Waals surface area (Å²) in [6, 6.07) is 9.59. The fourth-order valence-corrected chi connectivity index (χ4v) is 7.10. The van der Waals surface area contributed by atoms with Crippen molar-refractivity contribution >= 4 is 16.6 Å². The Hall–Kier alpha value is -2.94. The minimum absolute atomic E-state index is 0. The molecule has 0 saturated carbocycles. The minimum atomic E-state index is -0.303. The number of allylic oxidation sites excluding steroid dienone is 1. The van der Waals surface area contributed by atoms with Crippen LogP contribution in [0.25, 0.3) is 10.9 Å². The van der Waals surface area contributed by atoms with Gasteiger partial charge >= 0.3 is 0 Å². The third kappa shape index (κ3) is 9.60. The molecule has 2 aromatic carbocycles. The van der Waals surface area contributed by atoms with Gasteiger partial charge in [-0.2, -0.15) is 9.49 Å². The highest BCUT2D eigenvalue weighted by Crippen LogP contribution is 2.33. The van der Waals surface area contributed by atoms with Crippen LogP contribution in [0.3, 0.4) is 0 Å². The van der Waals surface area contributed by atoms with Crippen LogP contribution in [0.5, 0.6) is 0 Å². The van der Waals surface area contributed by atoms with E-state index in [4.69, 9.17) is 9.73 Å². The fraction of sp³-hybridized carbons (Fsp3) is 0.600. The number of aryl methyl sites for hydroxylation is 4. The number of nitrogens with zero attached hydrogens (tertiary/aromatic N) is 4. The molecule has 0 amide bonds. The number of aromatic nitrogens is 2. The Morgan fingerprint density at radius 2 is 1.83 bits per heavy atom. The molecular formula is C40H63F2N5O. The van der Waals surface area contributed by atoms with Gasteiger partial charge in [0.05, 0.1) is 29.9 Å². The van der Waals surface area contributed by atoms with Crippen LogP contribution in [-0.2, 0) is 24.6 Å². The van der Waals surface area contributed by atoms with Gasteiger partial charge in [-0.3, -0.25) is 9.89 Å². The van der Waals surface area contributed by atoms with Gasteiger partial charge in [-0.05, 0) is 123 Å². The lowest BCUT2D eigenvalue weighted by molar-refractivity contribution is 0.00745. The summed E-state index contributed by atoms with van der Waals surface area (Å²) >= 11 is 0. The first-order valence-electron chi connectivity index (χ1n) is 18.2. The molecule has 2 aliphatic heterocycles. The third-order valence-electron chi connectivity index (χ3n) is 10.4. The number of rotatable bonds is 13. The van der Waals surface area contributed by atoms with Crippen molar-refractivity contribution in [1.29, 1.82) is 0 Å². The summed E-state index contributed by atoms with van der Waals surface area (Å²) < 4.78 is 37.5. The average molecular weight is 668 g/mol. The maximum Gasteiger partial charge on any atom is 0.219 e. The van der Waals surface area contributed by atoms with Crippen molar-refractivity contribution in [2.45, 2.75) is 106 Å². The number of likely N-dealkylation sites (tertiary alicyclic amines) is 1. The summed E-state index contributed by atoms with van der Waals surface area (Å²) in [6.07, 6.45) is 8.97. The van der Waals surface area contributed by atoms with E-state index in [1.807, 2.05) is 38.1 Å². The van der Waals surface area contributed by atoms with Gasteiger partial charge in [0.25, 0.3) is 0 Å². The monoisotopic (exact) mass is 668 g/mol. The quantitative estimate of drug-likeness (QED) is 0.197. The van der Waals surface area contributed by atoms with Crippen molar-refractivity contribution < 1.29 is 14.9 Å². The number of hydrogen-bond donors (Lipinski definition) is 1. The fourth-order valence-electron chi connectivity index (χ4n) is 7.10. The lowest BCUT2D eigenvalue weighted by atomic mass is 9.83. The lowest BCUT2D eigenvalue weighted by Gasteiger charge is -2.35. The summed E-state index contributed by atoms with van der Waals surface area (Å²) in [5.41, 5.74) is 7.69. The molecule has 0 bridgehead atoms. The standard InChI is InChI=1S/C38H52F2N4O.C2H6.H3N.H2/c1-7-9-11-28-13-16-31(20-34(28)39)35-21-30(15-14-29-19-33-36(18-26(29)4)42-43(6)38(33)40)27(5)37(41-35)23-45-24-44-17-10-12-32(22-44)25(3)8-2;1-2;;/h13,16,18-20,25,30,32H,7-12,14-15,17,21-24H2,1-6H3;1-2H3;1H3;1H/t25?,30?,32-;;;/m0.../s1. The van der Waals surface area contributed by atoms with E-state index in [2.05, 4.69) is 44.6 Å². The highest BCUT2D eigenvalue weighted by atomic mass is 19.1. The molecule has 6 nitrogen and oxygen atoms in total. The molecule has 2 aliphatic rings. The predicted octanol–water partition coefficient (Wildman–Crippen LogP) is 10.4. The molecule has 5 rings (SSSR count). The molecule has 8 heteroatoms. The van der Waals surface area contributed by atoms with E-state index in [1.54, 1.807) is 13.1 Å². The molecule has 1 fully saturated rings. The predicted molar refractivity (Wildman–Crippen MR) is 199 cm³/mol. The smallest absolute Gasteiger partial charge is 0.219 e. The van der Waals surface area contributed by atoms with Crippen LogP contribution in [0.1, 0.15) is 110 Å². The Balaban J connectivity index is 0.00000205. The Morgan fingerprint density at radius 1 is 1.06 bits per heavy atom. The first kappa shape index (κ1) is 39.5. The van der Waals surface area contributed by atoms with Crippen LogP contribution in [-0.4, -0.2) is 46.8 Å². The summed E-state index contributed by atoms with van der Waals surface area (Å²) in [5, 5.41) is 4.88. The summed E-state index contributed by atoms with van der Waals surface area (Å²) in [7, 11) is 1.64. The van der Waals surface area contributed by atoms with Crippen LogP contribution >= 0.6 is 0 Å².